The Morgan fingerprint density at radius 3 is 1.63 bits per heavy atom. The largest absolute Gasteiger partial charge is 0.456 e. The van der Waals surface area contributed by atoms with Crippen LogP contribution < -0.4 is 4.90 Å². The van der Waals surface area contributed by atoms with E-state index in [-0.39, 0.29) is 0 Å². The second kappa shape index (κ2) is 11.3. The minimum absolute atomic E-state index is 0.886. The highest BCUT2D eigenvalue weighted by Crippen LogP contribution is 2.52. The van der Waals surface area contributed by atoms with Gasteiger partial charge >= 0.3 is 0 Å². The normalized spacial score (nSPS) is 11.8. The van der Waals surface area contributed by atoms with Crippen LogP contribution in [0.1, 0.15) is 0 Å². The molecule has 2 heteroatoms. The second-order valence-corrected chi connectivity index (χ2v) is 13.7. The van der Waals surface area contributed by atoms with Gasteiger partial charge in [0.1, 0.15) is 11.2 Å². The number of furan rings is 1. The molecule has 242 valence electrons. The summed E-state index contributed by atoms with van der Waals surface area (Å²) in [6.07, 6.45) is 0. The molecule has 0 saturated carbocycles. The molecule has 0 spiro atoms. The van der Waals surface area contributed by atoms with Crippen molar-refractivity contribution in [2.24, 2.45) is 0 Å². The lowest BCUT2D eigenvalue weighted by atomic mass is 9.77. The average molecular weight is 662 g/mol. The summed E-state index contributed by atoms with van der Waals surface area (Å²) in [5, 5.41) is 7.24. The van der Waals surface area contributed by atoms with E-state index in [1.165, 1.54) is 54.9 Å². The van der Waals surface area contributed by atoms with E-state index in [9.17, 15) is 0 Å². The maximum atomic E-state index is 6.42. The number of fused-ring (bicyclic) bond motifs is 9. The van der Waals surface area contributed by atoms with E-state index in [0.717, 1.165) is 50.1 Å². The molecule has 2 nitrogen and oxygen atoms in total. The van der Waals surface area contributed by atoms with Crippen molar-refractivity contribution in [1.82, 2.24) is 0 Å². The molecular formula is C50H31NO. The number of rotatable bonds is 5. The van der Waals surface area contributed by atoms with Gasteiger partial charge in [-0.15, -0.1) is 0 Å². The predicted molar refractivity (Wildman–Crippen MR) is 219 cm³/mol. The standard InChI is InChI=1S/C50H31NO/c1-4-12-32(13-5-1)34-20-21-35-28-42-43-29-36-22-23-40(27-38(36)31-45(43)44(42)30-37(35)26-34)51(39-16-8-3-9-17-39)46-24-25-48-50(41-18-10-11-19-47(41)52-48)49(46)33-14-6-2-7-15-33/h1-31H. The Labute approximate surface area is 301 Å². The minimum atomic E-state index is 0.886. The van der Waals surface area contributed by atoms with Crippen molar-refractivity contribution in [3.05, 3.63) is 188 Å². The Kier molecular flexibility index (Phi) is 6.28. The van der Waals surface area contributed by atoms with E-state index in [1.807, 2.05) is 6.07 Å². The first-order valence-corrected chi connectivity index (χ1v) is 17.8. The van der Waals surface area contributed by atoms with Gasteiger partial charge in [-0.1, -0.05) is 115 Å². The van der Waals surface area contributed by atoms with Gasteiger partial charge in [0.15, 0.2) is 0 Å². The highest BCUT2D eigenvalue weighted by atomic mass is 16.3. The molecule has 0 fully saturated rings. The fourth-order valence-electron chi connectivity index (χ4n) is 8.25. The van der Waals surface area contributed by atoms with Crippen LogP contribution in [0.5, 0.6) is 0 Å². The van der Waals surface area contributed by atoms with Crippen LogP contribution in [-0.2, 0) is 0 Å². The number of anilines is 3. The zero-order chi connectivity index (χ0) is 34.2. The lowest BCUT2D eigenvalue weighted by Crippen LogP contribution is -2.11. The van der Waals surface area contributed by atoms with Gasteiger partial charge in [-0.25, -0.2) is 0 Å². The molecule has 1 aliphatic carbocycles. The van der Waals surface area contributed by atoms with Gasteiger partial charge in [0, 0.05) is 27.7 Å². The van der Waals surface area contributed by atoms with Crippen molar-refractivity contribution >= 4 is 60.5 Å². The predicted octanol–water partition coefficient (Wildman–Crippen LogP) is 14.3. The third-order valence-corrected chi connectivity index (χ3v) is 10.7. The molecule has 0 unspecified atom stereocenters. The Morgan fingerprint density at radius 1 is 0.346 bits per heavy atom. The van der Waals surface area contributed by atoms with Crippen molar-refractivity contribution in [3.63, 3.8) is 0 Å². The van der Waals surface area contributed by atoms with Crippen molar-refractivity contribution < 1.29 is 4.42 Å². The first-order valence-electron chi connectivity index (χ1n) is 17.8. The molecule has 0 atom stereocenters. The van der Waals surface area contributed by atoms with Crippen molar-refractivity contribution in [3.8, 4) is 44.5 Å². The van der Waals surface area contributed by atoms with Crippen LogP contribution in [-0.4, -0.2) is 0 Å². The molecular weight excluding hydrogens is 631 g/mol. The van der Waals surface area contributed by atoms with E-state index in [2.05, 4.69) is 187 Å². The van der Waals surface area contributed by atoms with Gasteiger partial charge in [-0.2, -0.15) is 0 Å². The summed E-state index contributed by atoms with van der Waals surface area (Å²) in [5.74, 6) is 0. The monoisotopic (exact) mass is 661 g/mol. The number of para-hydroxylation sites is 2. The topological polar surface area (TPSA) is 16.4 Å². The van der Waals surface area contributed by atoms with E-state index in [4.69, 9.17) is 4.42 Å². The Hall–Kier alpha value is -6.90. The molecule has 52 heavy (non-hydrogen) atoms. The van der Waals surface area contributed by atoms with E-state index in [0.29, 0.717) is 0 Å². The Bertz CT molecular complexity index is 3000. The van der Waals surface area contributed by atoms with Crippen LogP contribution in [0.2, 0.25) is 0 Å². The van der Waals surface area contributed by atoms with Gasteiger partial charge < -0.3 is 9.32 Å². The molecule has 10 aromatic rings. The summed E-state index contributed by atoms with van der Waals surface area (Å²) < 4.78 is 6.42. The van der Waals surface area contributed by atoms with Gasteiger partial charge in [0.2, 0.25) is 0 Å². The zero-order valence-electron chi connectivity index (χ0n) is 28.3. The first-order chi connectivity index (χ1) is 25.8. The van der Waals surface area contributed by atoms with Crippen LogP contribution in [0.3, 0.4) is 0 Å². The highest BCUT2D eigenvalue weighted by molar-refractivity contribution is 6.17. The van der Waals surface area contributed by atoms with E-state index < -0.39 is 0 Å². The Morgan fingerprint density at radius 2 is 0.923 bits per heavy atom. The maximum absolute atomic E-state index is 6.42. The molecule has 0 N–H and O–H groups in total. The molecule has 0 radical (unpaired) electrons. The third-order valence-electron chi connectivity index (χ3n) is 10.7. The van der Waals surface area contributed by atoms with E-state index in [1.54, 1.807) is 0 Å². The minimum Gasteiger partial charge on any atom is -0.456 e. The number of nitrogens with zero attached hydrogens (tertiary/aromatic N) is 1. The molecule has 9 aromatic carbocycles. The molecule has 0 aliphatic heterocycles. The number of hydrogen-bond acceptors (Lipinski definition) is 2. The van der Waals surface area contributed by atoms with Crippen molar-refractivity contribution in [1.29, 1.82) is 0 Å². The molecule has 0 saturated heterocycles. The van der Waals surface area contributed by atoms with Gasteiger partial charge in [0.05, 0.1) is 5.69 Å². The van der Waals surface area contributed by atoms with Gasteiger partial charge in [-0.05, 0) is 133 Å². The van der Waals surface area contributed by atoms with Crippen LogP contribution in [0.4, 0.5) is 17.1 Å². The third kappa shape index (κ3) is 4.44. The van der Waals surface area contributed by atoms with Crippen molar-refractivity contribution in [2.75, 3.05) is 4.90 Å². The molecule has 0 bridgehead atoms. The molecule has 0 amide bonds. The summed E-state index contributed by atoms with van der Waals surface area (Å²) in [6, 6.07) is 67.9. The maximum Gasteiger partial charge on any atom is 0.136 e. The number of benzene rings is 9. The van der Waals surface area contributed by atoms with E-state index >= 15 is 0 Å². The smallest absolute Gasteiger partial charge is 0.136 e. The average Bonchev–Trinajstić information content (AvgIpc) is 3.59. The summed E-state index contributed by atoms with van der Waals surface area (Å²) in [6.45, 7) is 0. The van der Waals surface area contributed by atoms with Gasteiger partial charge in [0.25, 0.3) is 0 Å². The molecule has 1 aliphatic rings. The van der Waals surface area contributed by atoms with Crippen LogP contribution in [0.15, 0.2) is 192 Å². The number of hydrogen-bond donors (Lipinski definition) is 0. The van der Waals surface area contributed by atoms with Crippen LogP contribution in [0, 0.1) is 0 Å². The summed E-state index contributed by atoms with van der Waals surface area (Å²) in [7, 11) is 0. The summed E-state index contributed by atoms with van der Waals surface area (Å²) >= 11 is 0. The molecule has 1 aromatic heterocycles. The van der Waals surface area contributed by atoms with Gasteiger partial charge in [-0.3, -0.25) is 0 Å². The van der Waals surface area contributed by atoms with Crippen molar-refractivity contribution in [2.45, 2.75) is 0 Å². The van der Waals surface area contributed by atoms with Crippen LogP contribution in [0.25, 0.3) is 88.0 Å². The fraction of sp³-hybridized carbons (Fsp3) is 0. The lowest BCUT2D eigenvalue weighted by molar-refractivity contribution is 0.669. The summed E-state index contributed by atoms with van der Waals surface area (Å²) in [4.78, 5) is 2.40. The fourth-order valence-corrected chi connectivity index (χ4v) is 8.25. The zero-order valence-corrected chi connectivity index (χ0v) is 28.3. The second-order valence-electron chi connectivity index (χ2n) is 13.7. The Balaban J connectivity index is 1.09. The quantitative estimate of drug-likeness (QED) is 0.182. The molecule has 1 heterocycles. The van der Waals surface area contributed by atoms with Crippen LogP contribution >= 0.6 is 0 Å². The first kappa shape index (κ1) is 28.9. The SMILES string of the molecule is c1ccc(-c2ccc3cc4c(cc3c2)-c2cc3cc(N(c5ccccc5)c5ccc6oc7ccccc7c6c5-c5ccccc5)ccc3cc2-4)cc1. The highest BCUT2D eigenvalue weighted by Gasteiger charge is 2.26. The summed E-state index contributed by atoms with van der Waals surface area (Å²) in [5.41, 5.74) is 15.2. The molecule has 11 rings (SSSR count). The lowest BCUT2D eigenvalue weighted by Gasteiger charge is -2.29.